The second kappa shape index (κ2) is 9.20. The van der Waals surface area contributed by atoms with Gasteiger partial charge in [-0.15, -0.1) is 11.3 Å². The summed E-state index contributed by atoms with van der Waals surface area (Å²) in [7, 11) is 0. The third-order valence-electron chi connectivity index (χ3n) is 5.10. The zero-order chi connectivity index (χ0) is 22.7. The van der Waals surface area contributed by atoms with Gasteiger partial charge in [-0.2, -0.15) is 0 Å². The Labute approximate surface area is 190 Å². The summed E-state index contributed by atoms with van der Waals surface area (Å²) in [6.07, 6.45) is 2.61. The molecule has 0 aliphatic carbocycles. The number of rotatable bonds is 6. The van der Waals surface area contributed by atoms with Crippen molar-refractivity contribution in [3.63, 3.8) is 0 Å². The molecular formula is C25H23N3O3S. The molecule has 1 aliphatic rings. The minimum absolute atomic E-state index is 0.161. The first-order valence-electron chi connectivity index (χ1n) is 10.3. The van der Waals surface area contributed by atoms with E-state index in [-0.39, 0.29) is 12.2 Å². The van der Waals surface area contributed by atoms with Crippen LogP contribution in [0.2, 0.25) is 0 Å². The number of urea groups is 1. The van der Waals surface area contributed by atoms with Gasteiger partial charge in [0.2, 0.25) is 5.91 Å². The lowest BCUT2D eigenvalue weighted by molar-refractivity contribution is -0.127. The summed E-state index contributed by atoms with van der Waals surface area (Å²) in [5, 5.41) is 5.29. The number of nitrogens with zero attached hydrogens (tertiary/aromatic N) is 1. The lowest BCUT2D eigenvalue weighted by atomic mass is 10.1. The van der Waals surface area contributed by atoms with Crippen LogP contribution in [0.15, 0.2) is 66.4 Å². The highest BCUT2D eigenvalue weighted by Crippen LogP contribution is 2.30. The summed E-state index contributed by atoms with van der Waals surface area (Å²) in [4.78, 5) is 40.2. The monoisotopic (exact) mass is 445 g/mol. The van der Waals surface area contributed by atoms with Crippen molar-refractivity contribution < 1.29 is 14.4 Å². The molecule has 6 nitrogen and oxygen atoms in total. The molecule has 0 atom stereocenters. The van der Waals surface area contributed by atoms with Crippen LogP contribution in [0, 0.1) is 6.92 Å². The van der Waals surface area contributed by atoms with Gasteiger partial charge in [0.15, 0.2) is 0 Å². The molecule has 2 heterocycles. The molecule has 7 heteroatoms. The van der Waals surface area contributed by atoms with Crippen molar-refractivity contribution in [1.82, 2.24) is 10.2 Å². The third kappa shape index (κ3) is 4.78. The Kier molecular flexibility index (Phi) is 6.18. The Hall–Kier alpha value is -3.71. The normalized spacial score (nSPS) is 14.7. The van der Waals surface area contributed by atoms with Crippen LogP contribution in [-0.4, -0.2) is 29.3 Å². The van der Waals surface area contributed by atoms with Crippen LogP contribution in [0.1, 0.15) is 22.9 Å². The van der Waals surface area contributed by atoms with Crippen molar-refractivity contribution in [2.24, 2.45) is 0 Å². The Balaban J connectivity index is 1.45. The van der Waals surface area contributed by atoms with Crippen molar-refractivity contribution in [1.29, 1.82) is 0 Å². The van der Waals surface area contributed by atoms with Gasteiger partial charge < -0.3 is 10.6 Å². The average molecular weight is 446 g/mol. The molecule has 32 heavy (non-hydrogen) atoms. The second-order valence-electron chi connectivity index (χ2n) is 7.55. The summed E-state index contributed by atoms with van der Waals surface area (Å²) in [6.45, 7) is 3.68. The van der Waals surface area contributed by atoms with Crippen LogP contribution in [0.3, 0.4) is 0 Å². The standard InChI is InChI=1S/C25H23N3O3S/c1-3-17-7-5-8-18(13-17)22-11-10-20(32-22)14-21-24(30)28(25(31)27-21)15-23(29)26-19-9-4-6-16(2)12-19/h4-14H,3,15H2,1-2H3,(H,26,29)(H,27,31). The van der Waals surface area contributed by atoms with Crippen molar-refractivity contribution >= 4 is 40.9 Å². The van der Waals surface area contributed by atoms with E-state index in [0.717, 1.165) is 32.2 Å². The molecule has 4 rings (SSSR count). The molecule has 2 N–H and O–H groups in total. The van der Waals surface area contributed by atoms with E-state index >= 15 is 0 Å². The average Bonchev–Trinajstić information content (AvgIpc) is 3.34. The van der Waals surface area contributed by atoms with Gasteiger partial charge in [-0.3, -0.25) is 9.59 Å². The van der Waals surface area contributed by atoms with E-state index in [1.54, 1.807) is 12.1 Å². The van der Waals surface area contributed by atoms with Gasteiger partial charge in [0.1, 0.15) is 12.2 Å². The molecule has 1 aromatic heterocycles. The van der Waals surface area contributed by atoms with Gasteiger partial charge in [0, 0.05) is 15.4 Å². The summed E-state index contributed by atoms with van der Waals surface area (Å²) < 4.78 is 0. The fraction of sp³-hybridized carbons (Fsp3) is 0.160. The van der Waals surface area contributed by atoms with Gasteiger partial charge in [0.05, 0.1) is 0 Å². The first-order chi connectivity index (χ1) is 15.4. The van der Waals surface area contributed by atoms with Crippen LogP contribution in [0.5, 0.6) is 0 Å². The zero-order valence-corrected chi connectivity index (χ0v) is 18.7. The predicted molar refractivity (Wildman–Crippen MR) is 127 cm³/mol. The van der Waals surface area contributed by atoms with E-state index in [2.05, 4.69) is 35.8 Å². The molecule has 2 aromatic carbocycles. The number of hydrogen-bond acceptors (Lipinski definition) is 4. The van der Waals surface area contributed by atoms with E-state index in [0.29, 0.717) is 5.69 Å². The molecule has 162 valence electrons. The number of anilines is 1. The summed E-state index contributed by atoms with van der Waals surface area (Å²) in [5.41, 5.74) is 4.16. The third-order valence-corrected chi connectivity index (χ3v) is 6.18. The zero-order valence-electron chi connectivity index (χ0n) is 17.8. The van der Waals surface area contributed by atoms with Gasteiger partial charge in [-0.1, -0.05) is 43.3 Å². The lowest BCUT2D eigenvalue weighted by Crippen LogP contribution is -2.38. The number of imide groups is 1. The molecule has 1 aliphatic heterocycles. The Morgan fingerprint density at radius 3 is 2.69 bits per heavy atom. The minimum atomic E-state index is -0.604. The minimum Gasteiger partial charge on any atom is -0.325 e. The Morgan fingerprint density at radius 2 is 1.91 bits per heavy atom. The van der Waals surface area contributed by atoms with E-state index < -0.39 is 17.8 Å². The van der Waals surface area contributed by atoms with E-state index in [1.807, 2.05) is 43.3 Å². The highest BCUT2D eigenvalue weighted by molar-refractivity contribution is 7.16. The molecule has 0 radical (unpaired) electrons. The van der Waals surface area contributed by atoms with Crippen LogP contribution < -0.4 is 10.6 Å². The molecular weight excluding hydrogens is 422 g/mol. The molecule has 1 fully saturated rings. The number of nitrogens with one attached hydrogen (secondary N) is 2. The summed E-state index contributed by atoms with van der Waals surface area (Å²) in [6, 6.07) is 19.0. The van der Waals surface area contributed by atoms with Crippen molar-refractivity contribution in [2.45, 2.75) is 20.3 Å². The second-order valence-corrected chi connectivity index (χ2v) is 8.67. The smallest absolute Gasteiger partial charge is 0.325 e. The molecule has 1 saturated heterocycles. The maximum absolute atomic E-state index is 12.7. The van der Waals surface area contributed by atoms with Gasteiger partial charge >= 0.3 is 6.03 Å². The number of carbonyl (C=O) groups excluding carboxylic acids is 3. The number of amides is 4. The van der Waals surface area contributed by atoms with E-state index in [9.17, 15) is 14.4 Å². The van der Waals surface area contributed by atoms with Crippen LogP contribution in [0.4, 0.5) is 10.5 Å². The van der Waals surface area contributed by atoms with Crippen molar-refractivity contribution in [2.75, 3.05) is 11.9 Å². The largest absolute Gasteiger partial charge is 0.329 e. The van der Waals surface area contributed by atoms with E-state index in [4.69, 9.17) is 0 Å². The lowest BCUT2D eigenvalue weighted by Gasteiger charge is -2.12. The number of carbonyl (C=O) groups is 3. The van der Waals surface area contributed by atoms with Crippen LogP contribution in [-0.2, 0) is 16.0 Å². The molecule has 0 bridgehead atoms. The van der Waals surface area contributed by atoms with Gasteiger partial charge in [-0.25, -0.2) is 9.69 Å². The number of thiophene rings is 1. The topological polar surface area (TPSA) is 78.5 Å². The summed E-state index contributed by atoms with van der Waals surface area (Å²) in [5.74, 6) is -0.952. The highest BCUT2D eigenvalue weighted by atomic mass is 32.1. The first kappa shape index (κ1) is 21.5. The van der Waals surface area contributed by atoms with Crippen molar-refractivity contribution in [3.8, 4) is 10.4 Å². The number of hydrogen-bond donors (Lipinski definition) is 2. The Bertz CT molecular complexity index is 1230. The molecule has 0 unspecified atom stereocenters. The van der Waals surface area contributed by atoms with Gasteiger partial charge in [0.25, 0.3) is 5.91 Å². The highest BCUT2D eigenvalue weighted by Gasteiger charge is 2.35. The maximum atomic E-state index is 12.7. The quantitative estimate of drug-likeness (QED) is 0.422. The molecule has 3 aromatic rings. The predicted octanol–water partition coefficient (Wildman–Crippen LogP) is 4.82. The maximum Gasteiger partial charge on any atom is 0.329 e. The Morgan fingerprint density at radius 1 is 1.09 bits per heavy atom. The molecule has 0 spiro atoms. The van der Waals surface area contributed by atoms with Crippen molar-refractivity contribution in [3.05, 3.63) is 82.4 Å². The van der Waals surface area contributed by atoms with Crippen LogP contribution in [0.25, 0.3) is 16.5 Å². The SMILES string of the molecule is CCc1cccc(-c2ccc(C=C3NC(=O)N(CC(=O)Nc4cccc(C)c4)C3=O)s2)c1. The fourth-order valence-electron chi connectivity index (χ4n) is 3.45. The van der Waals surface area contributed by atoms with Crippen LogP contribution >= 0.6 is 11.3 Å². The molecule has 0 saturated carbocycles. The van der Waals surface area contributed by atoms with Gasteiger partial charge in [-0.05, 0) is 60.4 Å². The number of aryl methyl sites for hydroxylation is 2. The summed E-state index contributed by atoms with van der Waals surface area (Å²) >= 11 is 1.54. The molecule has 4 amide bonds. The number of benzene rings is 2. The fourth-order valence-corrected chi connectivity index (χ4v) is 4.40. The van der Waals surface area contributed by atoms with E-state index in [1.165, 1.54) is 16.9 Å². The first-order valence-corrected chi connectivity index (χ1v) is 11.1.